The van der Waals surface area contributed by atoms with Crippen LogP contribution in [0.4, 0.5) is 0 Å². The molecule has 0 N–H and O–H groups in total. The molecule has 0 aromatic heterocycles. The molecule has 2 aromatic rings. The number of hydrogen-bond donors (Lipinski definition) is 0. The molecule has 32 heavy (non-hydrogen) atoms. The van der Waals surface area contributed by atoms with Crippen LogP contribution in [0, 0.1) is 0 Å². The second-order valence-corrected chi connectivity index (χ2v) is 11.9. The van der Waals surface area contributed by atoms with Gasteiger partial charge in [0.15, 0.2) is 11.2 Å². The SMILES string of the molecule is CCCCCCCCS(=O)(=O)[O-].COC(C)OC1CC[S+](c2cccc3ccccc23)C1. The maximum atomic E-state index is 10.2. The summed E-state index contributed by atoms with van der Waals surface area (Å²) in [7, 11) is -1.96. The Labute approximate surface area is 197 Å². The first kappa shape index (κ1) is 27.1. The van der Waals surface area contributed by atoms with Crippen LogP contribution >= 0.6 is 0 Å². The topological polar surface area (TPSA) is 75.7 Å². The van der Waals surface area contributed by atoms with Gasteiger partial charge in [-0.2, -0.15) is 0 Å². The molecule has 0 aliphatic carbocycles. The molecule has 0 bridgehead atoms. The van der Waals surface area contributed by atoms with E-state index in [2.05, 4.69) is 49.4 Å². The molecule has 1 aliphatic heterocycles. The first-order valence-corrected chi connectivity index (χ1v) is 14.7. The van der Waals surface area contributed by atoms with Crippen LogP contribution in [-0.4, -0.2) is 49.7 Å². The third-order valence-electron chi connectivity index (χ3n) is 5.60. The predicted octanol–water partition coefficient (Wildman–Crippen LogP) is 5.49. The lowest BCUT2D eigenvalue weighted by atomic mass is 10.1. The minimum atomic E-state index is -3.97. The zero-order chi connectivity index (χ0) is 23.4. The fourth-order valence-corrected chi connectivity index (χ4v) is 6.94. The van der Waals surface area contributed by atoms with E-state index < -0.39 is 10.1 Å². The molecule has 3 atom stereocenters. The average Bonchev–Trinajstić information content (AvgIpc) is 3.23. The van der Waals surface area contributed by atoms with Gasteiger partial charge < -0.3 is 14.0 Å². The molecular formula is C25H38O5S2. The van der Waals surface area contributed by atoms with Gasteiger partial charge in [-0.3, -0.25) is 0 Å². The van der Waals surface area contributed by atoms with Crippen molar-refractivity contribution in [1.29, 1.82) is 0 Å². The van der Waals surface area contributed by atoms with Gasteiger partial charge in [-0.05, 0) is 30.9 Å². The normalized spacial score (nSPS) is 19.5. The lowest BCUT2D eigenvalue weighted by Gasteiger charge is -2.14. The second kappa shape index (κ2) is 14.2. The van der Waals surface area contributed by atoms with E-state index in [9.17, 15) is 13.0 Å². The van der Waals surface area contributed by atoms with Crippen molar-refractivity contribution in [2.45, 2.75) is 76.1 Å². The number of fused-ring (bicyclic) bond motifs is 1. The lowest BCUT2D eigenvalue weighted by molar-refractivity contribution is -0.136. The quantitative estimate of drug-likeness (QED) is 0.183. The van der Waals surface area contributed by atoms with E-state index in [0.29, 0.717) is 23.4 Å². The third-order valence-corrected chi connectivity index (χ3v) is 8.87. The molecule has 0 radical (unpaired) electrons. The monoisotopic (exact) mass is 482 g/mol. The summed E-state index contributed by atoms with van der Waals surface area (Å²) >= 11 is 0. The summed E-state index contributed by atoms with van der Waals surface area (Å²) in [6, 6.07) is 15.3. The molecule has 0 amide bonds. The maximum Gasteiger partial charge on any atom is 0.162 e. The summed E-state index contributed by atoms with van der Waals surface area (Å²) in [6.07, 6.45) is 7.34. The number of methoxy groups -OCH3 is 1. The van der Waals surface area contributed by atoms with Gasteiger partial charge in [-0.1, -0.05) is 69.4 Å². The van der Waals surface area contributed by atoms with Crippen LogP contribution in [0.15, 0.2) is 47.4 Å². The van der Waals surface area contributed by atoms with Gasteiger partial charge in [0.05, 0.1) is 10.1 Å². The summed E-state index contributed by atoms with van der Waals surface area (Å²) < 4.78 is 41.6. The fourth-order valence-electron chi connectivity index (χ4n) is 3.80. The van der Waals surface area contributed by atoms with E-state index in [1.807, 2.05) is 6.92 Å². The average molecular weight is 483 g/mol. The van der Waals surface area contributed by atoms with E-state index in [1.54, 1.807) is 7.11 Å². The van der Waals surface area contributed by atoms with E-state index >= 15 is 0 Å². The highest BCUT2D eigenvalue weighted by Crippen LogP contribution is 2.31. The van der Waals surface area contributed by atoms with Gasteiger partial charge in [-0.15, -0.1) is 0 Å². The van der Waals surface area contributed by atoms with Crippen molar-refractivity contribution in [2.24, 2.45) is 0 Å². The highest BCUT2D eigenvalue weighted by molar-refractivity contribution is 7.97. The van der Waals surface area contributed by atoms with Gasteiger partial charge in [0, 0.05) is 35.6 Å². The van der Waals surface area contributed by atoms with E-state index in [0.717, 1.165) is 31.4 Å². The number of ether oxygens (including phenoxy) is 2. The Bertz CT molecular complexity index is 895. The standard InChI is InChI=1S/C17H21O2S.C8H18O3S/c1-13(18-2)19-15-10-11-20(12-15)17-9-5-7-14-6-3-4-8-16(14)17;1-2-3-4-5-6-7-8-12(9,10)11/h3-9,13,15H,10-12H2,1-2H3;2-8H2,1H3,(H,9,10,11)/q+1;/p-1. The Morgan fingerprint density at radius 2 is 1.75 bits per heavy atom. The molecule has 1 fully saturated rings. The molecule has 7 heteroatoms. The van der Waals surface area contributed by atoms with Gasteiger partial charge >= 0.3 is 0 Å². The number of unbranched alkanes of at least 4 members (excludes halogenated alkanes) is 5. The molecule has 1 aliphatic rings. The van der Waals surface area contributed by atoms with Crippen LogP contribution in [0.3, 0.4) is 0 Å². The molecule has 0 saturated carbocycles. The van der Waals surface area contributed by atoms with Crippen molar-refractivity contribution in [3.8, 4) is 0 Å². The van der Waals surface area contributed by atoms with Crippen molar-refractivity contribution >= 4 is 31.8 Å². The van der Waals surface area contributed by atoms with Crippen molar-refractivity contribution in [3.05, 3.63) is 42.5 Å². The predicted molar refractivity (Wildman–Crippen MR) is 133 cm³/mol. The largest absolute Gasteiger partial charge is 0.748 e. The van der Waals surface area contributed by atoms with Crippen LogP contribution in [0.5, 0.6) is 0 Å². The van der Waals surface area contributed by atoms with Crippen LogP contribution in [-0.2, 0) is 30.5 Å². The van der Waals surface area contributed by atoms with Gasteiger partial charge in [-0.25, -0.2) is 8.42 Å². The molecule has 0 spiro atoms. The molecule has 180 valence electrons. The fraction of sp³-hybridized carbons (Fsp3) is 0.600. The Balaban J connectivity index is 0.000000262. The zero-order valence-electron chi connectivity index (χ0n) is 19.6. The first-order chi connectivity index (χ1) is 15.3. The third kappa shape index (κ3) is 9.79. The van der Waals surface area contributed by atoms with Crippen molar-refractivity contribution in [2.75, 3.05) is 24.4 Å². The maximum absolute atomic E-state index is 10.2. The molecule has 3 rings (SSSR count). The van der Waals surface area contributed by atoms with E-state index in [4.69, 9.17) is 9.47 Å². The molecule has 2 aromatic carbocycles. The van der Waals surface area contributed by atoms with Crippen LogP contribution in [0.25, 0.3) is 10.8 Å². The van der Waals surface area contributed by atoms with Gasteiger partial charge in [0.25, 0.3) is 0 Å². The summed E-state index contributed by atoms with van der Waals surface area (Å²) in [4.78, 5) is 1.50. The highest BCUT2D eigenvalue weighted by Gasteiger charge is 2.37. The minimum Gasteiger partial charge on any atom is -0.748 e. The van der Waals surface area contributed by atoms with Crippen molar-refractivity contribution < 1.29 is 22.4 Å². The van der Waals surface area contributed by atoms with E-state index in [-0.39, 0.29) is 12.0 Å². The summed E-state index contributed by atoms with van der Waals surface area (Å²) in [6.45, 7) is 4.09. The minimum absolute atomic E-state index is 0.101. The molecular weight excluding hydrogens is 444 g/mol. The van der Waals surface area contributed by atoms with Crippen molar-refractivity contribution in [1.82, 2.24) is 0 Å². The smallest absolute Gasteiger partial charge is 0.162 e. The molecule has 1 heterocycles. The molecule has 1 saturated heterocycles. The summed E-state index contributed by atoms with van der Waals surface area (Å²) in [5, 5.41) is 2.74. The number of hydrogen-bond acceptors (Lipinski definition) is 5. The van der Waals surface area contributed by atoms with Crippen LogP contribution in [0.2, 0.25) is 0 Å². The zero-order valence-corrected chi connectivity index (χ0v) is 21.3. The van der Waals surface area contributed by atoms with Crippen LogP contribution in [0.1, 0.15) is 58.8 Å². The number of rotatable bonds is 11. The van der Waals surface area contributed by atoms with Crippen LogP contribution < -0.4 is 0 Å². The first-order valence-electron chi connectivity index (χ1n) is 11.6. The van der Waals surface area contributed by atoms with Gasteiger partial charge in [0.2, 0.25) is 0 Å². The molecule has 5 nitrogen and oxygen atoms in total. The Morgan fingerprint density at radius 1 is 1.06 bits per heavy atom. The number of benzene rings is 2. The Morgan fingerprint density at radius 3 is 2.47 bits per heavy atom. The second-order valence-electron chi connectivity index (χ2n) is 8.22. The van der Waals surface area contributed by atoms with Gasteiger partial charge in [0.1, 0.15) is 17.6 Å². The summed E-state index contributed by atoms with van der Waals surface area (Å²) in [5.41, 5.74) is 0. The Hall–Kier alpha value is -1.12. The highest BCUT2D eigenvalue weighted by atomic mass is 32.2. The van der Waals surface area contributed by atoms with E-state index in [1.165, 1.54) is 34.3 Å². The Kier molecular flexibility index (Phi) is 12.0. The molecule has 3 unspecified atom stereocenters. The van der Waals surface area contributed by atoms with Crippen molar-refractivity contribution in [3.63, 3.8) is 0 Å². The lowest BCUT2D eigenvalue weighted by Crippen LogP contribution is -2.22. The summed E-state index contributed by atoms with van der Waals surface area (Å²) in [5.74, 6) is 2.16.